The second-order valence-electron chi connectivity index (χ2n) is 10.7. The van der Waals surface area contributed by atoms with Gasteiger partial charge in [-0.15, -0.1) is 0 Å². The lowest BCUT2D eigenvalue weighted by atomic mass is 10.0. The number of hydrogen-bond donors (Lipinski definition) is 2. The highest BCUT2D eigenvalue weighted by atomic mass is 16.4. The molecule has 50 heavy (non-hydrogen) atoms. The Labute approximate surface area is 285 Å². The fourth-order valence-corrected chi connectivity index (χ4v) is 5.11. The average Bonchev–Trinajstić information content (AvgIpc) is 3.63. The van der Waals surface area contributed by atoms with Crippen LogP contribution in [-0.2, 0) is 9.59 Å². The molecule has 0 unspecified atom stereocenters. The van der Waals surface area contributed by atoms with Crippen LogP contribution in [0.5, 0.6) is 0 Å². The average molecular weight is 657 g/mol. The van der Waals surface area contributed by atoms with Crippen LogP contribution in [0.4, 0.5) is 17.1 Å². The lowest BCUT2D eigenvalue weighted by molar-refractivity contribution is -0.133. The molecule has 0 aliphatic heterocycles. The van der Waals surface area contributed by atoms with Crippen molar-refractivity contribution in [2.24, 2.45) is 0 Å². The predicted molar refractivity (Wildman–Crippen MR) is 186 cm³/mol. The Kier molecular flexibility index (Phi) is 9.32. The molecule has 0 aliphatic carbocycles. The van der Waals surface area contributed by atoms with Gasteiger partial charge < -0.3 is 19.5 Å². The molecule has 4 heterocycles. The van der Waals surface area contributed by atoms with Crippen molar-refractivity contribution in [3.63, 3.8) is 0 Å². The van der Waals surface area contributed by atoms with Gasteiger partial charge in [0.05, 0.1) is 28.5 Å². The molecule has 11 nitrogen and oxygen atoms in total. The fraction of sp³-hybridized carbons (Fsp3) is 0. The van der Waals surface area contributed by atoms with Crippen molar-refractivity contribution in [3.8, 4) is 46.2 Å². The summed E-state index contributed by atoms with van der Waals surface area (Å²) in [5.41, 5.74) is 4.49. The molecule has 0 amide bonds. The summed E-state index contributed by atoms with van der Waals surface area (Å²) in [6, 6.07) is 34.8. The van der Waals surface area contributed by atoms with E-state index in [0.29, 0.717) is 39.5 Å². The zero-order valence-electron chi connectivity index (χ0n) is 26.0. The van der Waals surface area contributed by atoms with Gasteiger partial charge in [0.2, 0.25) is 0 Å². The molecular weight excluding hydrogens is 632 g/mol. The van der Waals surface area contributed by atoms with Gasteiger partial charge in [-0.05, 0) is 83.9 Å². The number of benzene rings is 2. The van der Waals surface area contributed by atoms with Crippen molar-refractivity contribution in [1.82, 2.24) is 15.0 Å². The number of carboxylic acids is 2. The second kappa shape index (κ2) is 14.4. The van der Waals surface area contributed by atoms with E-state index in [1.165, 1.54) is 24.4 Å². The molecule has 0 fully saturated rings. The highest BCUT2D eigenvalue weighted by Gasteiger charge is 2.17. The maximum absolute atomic E-state index is 11.7. The van der Waals surface area contributed by atoms with E-state index in [1.54, 1.807) is 54.9 Å². The lowest BCUT2D eigenvalue weighted by Crippen LogP contribution is -2.08. The van der Waals surface area contributed by atoms with Crippen molar-refractivity contribution < 1.29 is 24.2 Å². The summed E-state index contributed by atoms with van der Waals surface area (Å²) in [5.74, 6) is -2.22. The Bertz CT molecular complexity index is 2330. The van der Waals surface area contributed by atoms with E-state index in [2.05, 4.69) is 14.9 Å². The van der Waals surface area contributed by atoms with Crippen LogP contribution < -0.4 is 4.90 Å². The van der Waals surface area contributed by atoms with E-state index >= 15 is 0 Å². The van der Waals surface area contributed by atoms with E-state index in [4.69, 9.17) is 9.40 Å². The molecule has 2 N–H and O–H groups in total. The number of furan rings is 1. The summed E-state index contributed by atoms with van der Waals surface area (Å²) in [4.78, 5) is 38.8. The minimum absolute atomic E-state index is 0.286. The van der Waals surface area contributed by atoms with Crippen molar-refractivity contribution in [3.05, 3.63) is 144 Å². The first kappa shape index (κ1) is 32.3. The van der Waals surface area contributed by atoms with Crippen LogP contribution in [0, 0.1) is 22.7 Å². The van der Waals surface area contributed by atoms with Crippen LogP contribution >= 0.6 is 0 Å². The predicted octanol–water partition coefficient (Wildman–Crippen LogP) is 7.92. The first-order chi connectivity index (χ1) is 24.3. The Morgan fingerprint density at radius 1 is 0.640 bits per heavy atom. The van der Waals surface area contributed by atoms with Gasteiger partial charge in [-0.25, -0.2) is 14.6 Å². The second-order valence-corrected chi connectivity index (χ2v) is 10.7. The molecule has 240 valence electrons. The number of rotatable bonds is 10. The SMILES string of the molecule is N#C/C(=C\c1ccnc(-c2cc(/C=C(\C#N)C(=O)O)cc(-c3cc(-c4cc(N(c5ccccc5)c5ccccc5)co4)ccn3)n2)c1)C(=O)O. The van der Waals surface area contributed by atoms with Crippen LogP contribution in [0.15, 0.2) is 137 Å². The molecule has 2 aromatic carbocycles. The monoisotopic (exact) mass is 656 g/mol. The Balaban J connectivity index is 1.43. The summed E-state index contributed by atoms with van der Waals surface area (Å²) in [6.07, 6.45) is 7.11. The summed E-state index contributed by atoms with van der Waals surface area (Å²) in [6.45, 7) is 0. The molecule has 6 aromatic rings. The third kappa shape index (κ3) is 7.18. The van der Waals surface area contributed by atoms with Crippen molar-refractivity contribution in [2.75, 3.05) is 4.90 Å². The number of para-hydroxylation sites is 2. The van der Waals surface area contributed by atoms with Gasteiger partial charge >= 0.3 is 11.9 Å². The van der Waals surface area contributed by atoms with Crippen LogP contribution in [0.3, 0.4) is 0 Å². The van der Waals surface area contributed by atoms with Gasteiger partial charge in [-0.1, -0.05) is 36.4 Å². The molecule has 0 spiro atoms. The van der Waals surface area contributed by atoms with E-state index in [0.717, 1.165) is 17.1 Å². The molecule has 6 rings (SSSR count). The minimum Gasteiger partial charge on any atom is -0.477 e. The maximum Gasteiger partial charge on any atom is 0.346 e. The van der Waals surface area contributed by atoms with E-state index in [9.17, 15) is 30.3 Å². The topological polar surface area (TPSA) is 177 Å². The van der Waals surface area contributed by atoms with Gasteiger partial charge in [0.1, 0.15) is 35.3 Å². The minimum atomic E-state index is -1.40. The highest BCUT2D eigenvalue weighted by Crippen LogP contribution is 2.38. The van der Waals surface area contributed by atoms with Gasteiger partial charge in [0.25, 0.3) is 0 Å². The largest absolute Gasteiger partial charge is 0.477 e. The maximum atomic E-state index is 11.7. The number of carbonyl (C=O) groups is 2. The van der Waals surface area contributed by atoms with Crippen LogP contribution in [-0.4, -0.2) is 37.1 Å². The zero-order chi connectivity index (χ0) is 35.0. The summed E-state index contributed by atoms with van der Waals surface area (Å²) >= 11 is 0. The van der Waals surface area contributed by atoms with Crippen LogP contribution in [0.25, 0.3) is 46.3 Å². The van der Waals surface area contributed by atoms with Gasteiger partial charge in [-0.2, -0.15) is 10.5 Å². The van der Waals surface area contributed by atoms with Crippen molar-refractivity contribution >= 4 is 41.2 Å². The number of hydrogen-bond acceptors (Lipinski definition) is 9. The molecule has 0 atom stereocenters. The van der Waals surface area contributed by atoms with Gasteiger partial charge in [0.15, 0.2) is 0 Å². The van der Waals surface area contributed by atoms with Crippen molar-refractivity contribution in [2.45, 2.75) is 0 Å². The third-order valence-corrected chi connectivity index (χ3v) is 7.40. The lowest BCUT2D eigenvalue weighted by Gasteiger charge is -2.23. The zero-order valence-corrected chi connectivity index (χ0v) is 26.0. The summed E-state index contributed by atoms with van der Waals surface area (Å²) in [7, 11) is 0. The number of nitriles is 2. The fourth-order valence-electron chi connectivity index (χ4n) is 5.11. The Morgan fingerprint density at radius 3 is 1.72 bits per heavy atom. The van der Waals surface area contributed by atoms with E-state index < -0.39 is 23.1 Å². The first-order valence-corrected chi connectivity index (χ1v) is 15.0. The van der Waals surface area contributed by atoms with Crippen LogP contribution in [0.2, 0.25) is 0 Å². The molecule has 0 bridgehead atoms. The summed E-state index contributed by atoms with van der Waals surface area (Å²) in [5, 5.41) is 37.5. The standard InChI is InChI=1S/C39H24N6O5/c40-22-28(38(46)47)15-25-11-13-42-33(17-25)35-18-26(16-29(23-41)39(48)49)19-36(44-35)34-20-27(12-14-43-34)37-21-32(24-50-37)45(30-7-3-1-4-8-30)31-9-5-2-6-10-31/h1-21,24H,(H,46,47)(H,48,49)/b28-15+,29-16+. The van der Waals surface area contributed by atoms with Gasteiger partial charge in [0, 0.05) is 35.4 Å². The highest BCUT2D eigenvalue weighted by molar-refractivity contribution is 5.97. The van der Waals surface area contributed by atoms with Crippen LogP contribution in [0.1, 0.15) is 11.1 Å². The normalized spacial score (nSPS) is 11.3. The number of nitrogens with zero attached hydrogens (tertiary/aromatic N) is 6. The number of carboxylic acid groups (broad SMARTS) is 2. The third-order valence-electron chi connectivity index (χ3n) is 7.40. The molecule has 0 radical (unpaired) electrons. The Morgan fingerprint density at radius 2 is 1.16 bits per heavy atom. The van der Waals surface area contributed by atoms with Crippen molar-refractivity contribution in [1.29, 1.82) is 10.5 Å². The number of aliphatic carboxylic acids is 2. The number of pyridine rings is 3. The number of anilines is 3. The molecule has 0 saturated carbocycles. The quantitative estimate of drug-likeness (QED) is 0.108. The smallest absolute Gasteiger partial charge is 0.346 e. The molecule has 0 saturated heterocycles. The molecule has 4 aromatic heterocycles. The molecular formula is C39H24N6O5. The number of aromatic nitrogens is 3. The first-order valence-electron chi connectivity index (χ1n) is 15.0. The summed E-state index contributed by atoms with van der Waals surface area (Å²) < 4.78 is 6.07. The molecule has 11 heteroatoms. The molecule has 0 aliphatic rings. The van der Waals surface area contributed by atoms with E-state index in [-0.39, 0.29) is 5.69 Å². The van der Waals surface area contributed by atoms with Gasteiger partial charge in [-0.3, -0.25) is 9.97 Å². The van der Waals surface area contributed by atoms with E-state index in [1.807, 2.05) is 66.7 Å². The Hall–Kier alpha value is -7.63.